The number of halogens is 1. The van der Waals surface area contributed by atoms with Crippen LogP contribution in [0, 0.1) is 0 Å². The Hall–Kier alpha value is -0.910. The van der Waals surface area contributed by atoms with E-state index in [1.54, 1.807) is 0 Å². The van der Waals surface area contributed by atoms with Crippen molar-refractivity contribution in [3.05, 3.63) is 34.3 Å². The van der Waals surface area contributed by atoms with E-state index in [9.17, 15) is 4.79 Å². The molecule has 0 bridgehead atoms. The fourth-order valence-corrected chi connectivity index (χ4v) is 2.31. The summed E-state index contributed by atoms with van der Waals surface area (Å²) in [5.74, 6) is -0.791. The smallest absolute Gasteiger partial charge is 0.317 e. The van der Waals surface area contributed by atoms with Crippen LogP contribution in [-0.4, -0.2) is 54.6 Å². The summed E-state index contributed by atoms with van der Waals surface area (Å²) in [6.07, 6.45) is 0. The van der Waals surface area contributed by atoms with Crippen LogP contribution in [0.15, 0.2) is 28.7 Å². The molecule has 1 atom stereocenters. The first-order valence-corrected chi connectivity index (χ1v) is 7.05. The summed E-state index contributed by atoms with van der Waals surface area (Å²) in [6.45, 7) is 3.67. The van der Waals surface area contributed by atoms with Gasteiger partial charge in [0.15, 0.2) is 0 Å². The number of hydrogen-bond donors (Lipinski definition) is 1. The van der Waals surface area contributed by atoms with Crippen molar-refractivity contribution in [2.45, 2.75) is 13.0 Å². The first-order valence-electron chi connectivity index (χ1n) is 6.26. The minimum Gasteiger partial charge on any atom is -0.480 e. The third-order valence-electron chi connectivity index (χ3n) is 3.05. The Balaban J connectivity index is 2.80. The Morgan fingerprint density at radius 3 is 2.58 bits per heavy atom. The van der Waals surface area contributed by atoms with Crippen molar-refractivity contribution in [1.82, 2.24) is 9.80 Å². The van der Waals surface area contributed by atoms with Gasteiger partial charge in [0.05, 0.1) is 6.54 Å². The van der Waals surface area contributed by atoms with Gasteiger partial charge in [-0.3, -0.25) is 9.69 Å². The molecular formula is C14H21BrN2O2. The van der Waals surface area contributed by atoms with E-state index in [0.717, 1.165) is 23.1 Å². The molecule has 0 spiro atoms. The van der Waals surface area contributed by atoms with Gasteiger partial charge in [0.2, 0.25) is 0 Å². The van der Waals surface area contributed by atoms with Crippen molar-refractivity contribution in [3.63, 3.8) is 0 Å². The monoisotopic (exact) mass is 328 g/mol. The molecule has 5 heteroatoms. The van der Waals surface area contributed by atoms with Crippen molar-refractivity contribution >= 4 is 21.9 Å². The molecule has 0 amide bonds. The van der Waals surface area contributed by atoms with E-state index in [0.29, 0.717) is 0 Å². The highest BCUT2D eigenvalue weighted by atomic mass is 79.9. The Morgan fingerprint density at radius 2 is 2.05 bits per heavy atom. The molecule has 0 aliphatic heterocycles. The third-order valence-corrected chi connectivity index (χ3v) is 3.54. The molecular weight excluding hydrogens is 308 g/mol. The SMILES string of the molecule is CC(c1cccc(Br)c1)N(CCN(C)C)CC(=O)O. The lowest BCUT2D eigenvalue weighted by Gasteiger charge is -2.29. The van der Waals surface area contributed by atoms with E-state index >= 15 is 0 Å². The quantitative estimate of drug-likeness (QED) is 0.835. The van der Waals surface area contributed by atoms with Gasteiger partial charge in [0.25, 0.3) is 0 Å². The summed E-state index contributed by atoms with van der Waals surface area (Å²) in [4.78, 5) is 15.0. The molecule has 0 saturated carbocycles. The Bertz CT molecular complexity index is 424. The highest BCUT2D eigenvalue weighted by Gasteiger charge is 2.18. The molecule has 0 aliphatic rings. The van der Waals surface area contributed by atoms with Crippen LogP contribution in [0.25, 0.3) is 0 Å². The molecule has 0 saturated heterocycles. The maximum absolute atomic E-state index is 11.0. The van der Waals surface area contributed by atoms with Crippen LogP contribution in [0.1, 0.15) is 18.5 Å². The topological polar surface area (TPSA) is 43.8 Å². The minimum absolute atomic E-state index is 0.0571. The van der Waals surface area contributed by atoms with Gasteiger partial charge in [-0.2, -0.15) is 0 Å². The molecule has 0 radical (unpaired) electrons. The van der Waals surface area contributed by atoms with Crippen molar-refractivity contribution < 1.29 is 9.90 Å². The fourth-order valence-electron chi connectivity index (χ4n) is 1.89. The largest absolute Gasteiger partial charge is 0.480 e. The maximum atomic E-state index is 11.0. The van der Waals surface area contributed by atoms with Gasteiger partial charge in [-0.05, 0) is 38.7 Å². The normalized spacial score (nSPS) is 12.9. The summed E-state index contributed by atoms with van der Waals surface area (Å²) in [5, 5.41) is 9.03. The summed E-state index contributed by atoms with van der Waals surface area (Å²) in [6, 6.07) is 8.08. The Morgan fingerprint density at radius 1 is 1.37 bits per heavy atom. The molecule has 1 aromatic carbocycles. The predicted molar refractivity (Wildman–Crippen MR) is 80.3 cm³/mol. The molecule has 1 rings (SSSR count). The third kappa shape index (κ3) is 5.72. The van der Waals surface area contributed by atoms with E-state index in [1.165, 1.54) is 0 Å². The van der Waals surface area contributed by atoms with Gasteiger partial charge in [0.1, 0.15) is 0 Å². The highest BCUT2D eigenvalue weighted by molar-refractivity contribution is 9.10. The molecule has 106 valence electrons. The molecule has 1 N–H and O–H groups in total. The van der Waals surface area contributed by atoms with Crippen LogP contribution >= 0.6 is 15.9 Å². The van der Waals surface area contributed by atoms with Gasteiger partial charge in [-0.15, -0.1) is 0 Å². The van der Waals surface area contributed by atoms with E-state index < -0.39 is 5.97 Å². The molecule has 4 nitrogen and oxygen atoms in total. The van der Waals surface area contributed by atoms with E-state index in [2.05, 4.69) is 20.8 Å². The molecule has 0 heterocycles. The van der Waals surface area contributed by atoms with Crippen LogP contribution in [-0.2, 0) is 4.79 Å². The number of rotatable bonds is 7. The van der Waals surface area contributed by atoms with Gasteiger partial charge in [0, 0.05) is 23.6 Å². The second kappa shape index (κ2) is 7.62. The first-order chi connectivity index (χ1) is 8.90. The van der Waals surface area contributed by atoms with Crippen LogP contribution in [0.4, 0.5) is 0 Å². The number of nitrogens with zero attached hydrogens (tertiary/aromatic N) is 2. The van der Waals surface area contributed by atoms with E-state index in [4.69, 9.17) is 5.11 Å². The maximum Gasteiger partial charge on any atom is 0.317 e. The van der Waals surface area contributed by atoms with Gasteiger partial charge in [-0.1, -0.05) is 28.1 Å². The summed E-state index contributed by atoms with van der Waals surface area (Å²) in [5.41, 5.74) is 1.12. The lowest BCUT2D eigenvalue weighted by Crippen LogP contribution is -2.37. The molecule has 1 aromatic rings. The molecule has 1 unspecified atom stereocenters. The number of likely N-dealkylation sites (N-methyl/N-ethyl adjacent to an activating group) is 1. The molecule has 19 heavy (non-hydrogen) atoms. The predicted octanol–water partition coefficient (Wildman–Crippen LogP) is 2.46. The molecule has 0 aromatic heterocycles. The average Bonchev–Trinajstić information content (AvgIpc) is 2.33. The van der Waals surface area contributed by atoms with Crippen LogP contribution in [0.3, 0.4) is 0 Å². The Labute approximate surface area is 123 Å². The molecule has 0 fully saturated rings. The average molecular weight is 329 g/mol. The lowest BCUT2D eigenvalue weighted by molar-refractivity contribution is -0.138. The lowest BCUT2D eigenvalue weighted by atomic mass is 10.1. The summed E-state index contributed by atoms with van der Waals surface area (Å²) >= 11 is 3.45. The van der Waals surface area contributed by atoms with Gasteiger partial charge >= 0.3 is 5.97 Å². The van der Waals surface area contributed by atoms with E-state index in [1.807, 2.05) is 50.2 Å². The number of benzene rings is 1. The van der Waals surface area contributed by atoms with Crippen LogP contribution in [0.5, 0.6) is 0 Å². The molecule has 0 aliphatic carbocycles. The highest BCUT2D eigenvalue weighted by Crippen LogP contribution is 2.22. The second-order valence-electron chi connectivity index (χ2n) is 4.90. The first kappa shape index (κ1) is 16.1. The number of carboxylic acids is 1. The number of carboxylic acid groups (broad SMARTS) is 1. The van der Waals surface area contributed by atoms with Crippen molar-refractivity contribution in [2.24, 2.45) is 0 Å². The standard InChI is InChI=1S/C14H21BrN2O2/c1-11(12-5-4-6-13(15)9-12)17(10-14(18)19)8-7-16(2)3/h4-6,9,11H,7-8,10H2,1-3H3,(H,18,19). The summed E-state index contributed by atoms with van der Waals surface area (Å²) < 4.78 is 1.01. The fraction of sp³-hybridized carbons (Fsp3) is 0.500. The minimum atomic E-state index is -0.791. The van der Waals surface area contributed by atoms with E-state index in [-0.39, 0.29) is 12.6 Å². The number of aliphatic carboxylic acids is 1. The van der Waals surface area contributed by atoms with Gasteiger partial charge in [-0.25, -0.2) is 0 Å². The van der Waals surface area contributed by atoms with Crippen LogP contribution in [0.2, 0.25) is 0 Å². The van der Waals surface area contributed by atoms with Gasteiger partial charge < -0.3 is 10.0 Å². The zero-order valence-electron chi connectivity index (χ0n) is 11.6. The number of hydrogen-bond acceptors (Lipinski definition) is 3. The second-order valence-corrected chi connectivity index (χ2v) is 5.81. The number of carbonyl (C=O) groups is 1. The van der Waals surface area contributed by atoms with Crippen LogP contribution < -0.4 is 0 Å². The van der Waals surface area contributed by atoms with Crippen molar-refractivity contribution in [2.75, 3.05) is 33.7 Å². The zero-order chi connectivity index (χ0) is 14.4. The zero-order valence-corrected chi connectivity index (χ0v) is 13.2. The Kier molecular flexibility index (Phi) is 6.48. The van der Waals surface area contributed by atoms with Crippen molar-refractivity contribution in [1.29, 1.82) is 0 Å². The summed E-state index contributed by atoms with van der Waals surface area (Å²) in [7, 11) is 3.98. The van der Waals surface area contributed by atoms with Crippen molar-refractivity contribution in [3.8, 4) is 0 Å².